The molecule has 0 aliphatic carbocycles. The Hall–Kier alpha value is -0.680. The first-order chi connectivity index (χ1) is 7.09. The van der Waals surface area contributed by atoms with Gasteiger partial charge >= 0.3 is 0 Å². The van der Waals surface area contributed by atoms with Gasteiger partial charge in [-0.05, 0) is 17.7 Å². The molecular formula is C10H7Br2NO2. The van der Waals surface area contributed by atoms with Crippen LogP contribution in [-0.4, -0.2) is 16.6 Å². The van der Waals surface area contributed by atoms with Gasteiger partial charge in [-0.3, -0.25) is 14.9 Å². The third kappa shape index (κ3) is 1.99. The van der Waals surface area contributed by atoms with Gasteiger partial charge in [0.1, 0.15) is 4.83 Å². The summed E-state index contributed by atoms with van der Waals surface area (Å²) in [5.74, 6) is -0.942. The van der Waals surface area contributed by atoms with Gasteiger partial charge in [0.2, 0.25) is 11.8 Å². The topological polar surface area (TPSA) is 46.2 Å². The molecule has 1 aliphatic rings. The SMILES string of the molecule is O=C1NC(=O)[C@@H](c2ccc(Br)cc2)[C@H]1Br. The zero-order valence-corrected chi connectivity index (χ0v) is 10.7. The maximum atomic E-state index is 11.5. The number of benzene rings is 1. The van der Waals surface area contributed by atoms with Crippen molar-refractivity contribution in [3.63, 3.8) is 0 Å². The predicted molar refractivity (Wildman–Crippen MR) is 62.7 cm³/mol. The van der Waals surface area contributed by atoms with Crippen LogP contribution >= 0.6 is 31.9 Å². The molecule has 2 amide bonds. The van der Waals surface area contributed by atoms with Gasteiger partial charge in [0, 0.05) is 4.47 Å². The number of hydrogen-bond acceptors (Lipinski definition) is 2. The van der Waals surface area contributed by atoms with E-state index in [0.29, 0.717) is 0 Å². The maximum Gasteiger partial charge on any atom is 0.241 e. The van der Waals surface area contributed by atoms with E-state index in [1.165, 1.54) is 0 Å². The Balaban J connectivity index is 2.34. The molecule has 0 unspecified atom stereocenters. The molecule has 1 aliphatic heterocycles. The van der Waals surface area contributed by atoms with E-state index in [2.05, 4.69) is 37.2 Å². The maximum absolute atomic E-state index is 11.5. The number of carbonyl (C=O) groups excluding carboxylic acids is 2. The number of carbonyl (C=O) groups is 2. The molecule has 5 heteroatoms. The summed E-state index contributed by atoms with van der Waals surface area (Å²) >= 11 is 6.54. The van der Waals surface area contributed by atoms with Crippen molar-refractivity contribution in [2.45, 2.75) is 10.7 Å². The van der Waals surface area contributed by atoms with E-state index in [9.17, 15) is 9.59 Å². The average molecular weight is 333 g/mol. The summed E-state index contributed by atoms with van der Waals surface area (Å²) < 4.78 is 0.946. The molecular weight excluding hydrogens is 326 g/mol. The van der Waals surface area contributed by atoms with Gasteiger partial charge in [0.25, 0.3) is 0 Å². The highest BCUT2D eigenvalue weighted by atomic mass is 79.9. The van der Waals surface area contributed by atoms with E-state index in [1.54, 1.807) is 0 Å². The van der Waals surface area contributed by atoms with Gasteiger partial charge in [0.15, 0.2) is 0 Å². The van der Waals surface area contributed by atoms with Gasteiger partial charge < -0.3 is 0 Å². The lowest BCUT2D eigenvalue weighted by Gasteiger charge is -2.09. The van der Waals surface area contributed by atoms with Crippen molar-refractivity contribution in [2.24, 2.45) is 0 Å². The van der Waals surface area contributed by atoms with Gasteiger partial charge in [-0.15, -0.1) is 0 Å². The molecule has 0 radical (unpaired) electrons. The van der Waals surface area contributed by atoms with Crippen LogP contribution in [0.1, 0.15) is 11.5 Å². The van der Waals surface area contributed by atoms with Crippen LogP contribution in [0.25, 0.3) is 0 Å². The molecule has 0 aromatic heterocycles. The van der Waals surface area contributed by atoms with Crippen LogP contribution in [0.5, 0.6) is 0 Å². The van der Waals surface area contributed by atoms with Crippen molar-refractivity contribution >= 4 is 43.7 Å². The highest BCUT2D eigenvalue weighted by Gasteiger charge is 2.40. The minimum Gasteiger partial charge on any atom is -0.295 e. The molecule has 1 aromatic carbocycles. The molecule has 1 N–H and O–H groups in total. The summed E-state index contributed by atoms with van der Waals surface area (Å²) in [5.41, 5.74) is 0.837. The number of hydrogen-bond donors (Lipinski definition) is 1. The smallest absolute Gasteiger partial charge is 0.241 e. The van der Waals surface area contributed by atoms with Crippen LogP contribution in [0.3, 0.4) is 0 Å². The summed E-state index contributed by atoms with van der Waals surface area (Å²) in [5, 5.41) is 2.29. The lowest BCUT2D eigenvalue weighted by molar-refractivity contribution is -0.125. The van der Waals surface area contributed by atoms with E-state index in [1.807, 2.05) is 24.3 Å². The zero-order chi connectivity index (χ0) is 11.0. The largest absolute Gasteiger partial charge is 0.295 e. The Morgan fingerprint density at radius 3 is 2.13 bits per heavy atom. The minimum atomic E-state index is -0.467. The number of alkyl halides is 1. The summed E-state index contributed by atoms with van der Waals surface area (Å²) in [7, 11) is 0. The van der Waals surface area contributed by atoms with Gasteiger partial charge in [-0.1, -0.05) is 44.0 Å². The summed E-state index contributed by atoms with van der Waals surface area (Å²) in [4.78, 5) is 22.3. The lowest BCUT2D eigenvalue weighted by Crippen LogP contribution is -2.22. The summed E-state index contributed by atoms with van der Waals surface area (Å²) in [6.45, 7) is 0. The molecule has 2 rings (SSSR count). The van der Waals surface area contributed by atoms with E-state index in [4.69, 9.17) is 0 Å². The first kappa shape index (κ1) is 10.8. The fourth-order valence-corrected chi connectivity index (χ4v) is 2.47. The van der Waals surface area contributed by atoms with Crippen LogP contribution < -0.4 is 5.32 Å². The second-order valence-corrected chi connectivity index (χ2v) is 5.19. The van der Waals surface area contributed by atoms with Gasteiger partial charge in [-0.25, -0.2) is 0 Å². The molecule has 1 heterocycles. The summed E-state index contributed by atoms with van der Waals surface area (Å²) in [6, 6.07) is 7.37. The standard InChI is InChI=1S/C10H7Br2NO2/c11-6-3-1-5(2-4-6)7-8(12)10(15)13-9(7)14/h1-4,7-8H,(H,13,14,15)/t7-,8+/m0/s1. The predicted octanol–water partition coefficient (Wildman–Crippen LogP) is 1.95. The zero-order valence-electron chi connectivity index (χ0n) is 7.54. The molecule has 1 saturated heterocycles. The third-order valence-corrected chi connectivity index (χ3v) is 3.77. The molecule has 0 spiro atoms. The van der Waals surface area contributed by atoms with Crippen LogP contribution in [0.15, 0.2) is 28.7 Å². The fraction of sp³-hybridized carbons (Fsp3) is 0.200. The number of amides is 2. The van der Waals surface area contributed by atoms with Crippen molar-refractivity contribution < 1.29 is 9.59 Å². The summed E-state index contributed by atoms with van der Waals surface area (Å²) in [6.07, 6.45) is 0. The second-order valence-electron chi connectivity index (χ2n) is 3.28. The highest BCUT2D eigenvalue weighted by molar-refractivity contribution is 9.10. The monoisotopic (exact) mass is 331 g/mol. The van der Waals surface area contributed by atoms with Crippen molar-refractivity contribution in [1.29, 1.82) is 0 Å². The van der Waals surface area contributed by atoms with Gasteiger partial charge in [0.05, 0.1) is 5.92 Å². The van der Waals surface area contributed by atoms with Crippen molar-refractivity contribution in [1.82, 2.24) is 5.32 Å². The van der Waals surface area contributed by atoms with Crippen LogP contribution in [-0.2, 0) is 9.59 Å². The number of nitrogens with one attached hydrogen (secondary N) is 1. The van der Waals surface area contributed by atoms with Crippen molar-refractivity contribution in [3.05, 3.63) is 34.3 Å². The number of imide groups is 1. The minimum absolute atomic E-state index is 0.246. The first-order valence-electron chi connectivity index (χ1n) is 4.34. The molecule has 2 atom stereocenters. The molecule has 3 nitrogen and oxygen atoms in total. The Labute approximate surface area is 103 Å². The van der Waals surface area contributed by atoms with E-state index in [0.717, 1.165) is 10.0 Å². The Bertz CT molecular complexity index is 416. The first-order valence-corrected chi connectivity index (χ1v) is 6.04. The van der Waals surface area contributed by atoms with E-state index >= 15 is 0 Å². The van der Waals surface area contributed by atoms with Crippen LogP contribution in [0, 0.1) is 0 Å². The molecule has 0 bridgehead atoms. The average Bonchev–Trinajstić information content (AvgIpc) is 2.44. The Kier molecular flexibility index (Phi) is 2.93. The Morgan fingerprint density at radius 2 is 1.67 bits per heavy atom. The van der Waals surface area contributed by atoms with E-state index in [-0.39, 0.29) is 11.8 Å². The molecule has 78 valence electrons. The normalized spacial score (nSPS) is 25.5. The van der Waals surface area contributed by atoms with Crippen LogP contribution in [0.4, 0.5) is 0 Å². The van der Waals surface area contributed by atoms with Crippen LogP contribution in [0.2, 0.25) is 0 Å². The molecule has 15 heavy (non-hydrogen) atoms. The molecule has 0 saturated carbocycles. The fourth-order valence-electron chi connectivity index (χ4n) is 1.54. The molecule has 1 fully saturated rings. The number of rotatable bonds is 1. The highest BCUT2D eigenvalue weighted by Crippen LogP contribution is 2.30. The second kappa shape index (κ2) is 4.06. The number of halogens is 2. The molecule has 1 aromatic rings. The van der Waals surface area contributed by atoms with Gasteiger partial charge in [-0.2, -0.15) is 0 Å². The lowest BCUT2D eigenvalue weighted by atomic mass is 9.98. The van der Waals surface area contributed by atoms with Crippen molar-refractivity contribution in [3.8, 4) is 0 Å². The third-order valence-electron chi connectivity index (χ3n) is 2.30. The Morgan fingerprint density at radius 1 is 1.07 bits per heavy atom. The van der Waals surface area contributed by atoms with E-state index < -0.39 is 10.7 Å². The quantitative estimate of drug-likeness (QED) is 0.631. The van der Waals surface area contributed by atoms with Crippen molar-refractivity contribution in [2.75, 3.05) is 0 Å².